The number of halogens is 3. The lowest BCUT2D eigenvalue weighted by Gasteiger charge is -2.33. The van der Waals surface area contributed by atoms with Crippen molar-refractivity contribution in [3.8, 4) is 0 Å². The molecule has 0 aliphatic heterocycles. The number of rotatable bonds is 12. The van der Waals surface area contributed by atoms with Crippen molar-refractivity contribution >= 4 is 66.7 Å². The summed E-state index contributed by atoms with van der Waals surface area (Å²) in [7, 11) is -4.17. The summed E-state index contributed by atoms with van der Waals surface area (Å²) in [5, 5.41) is 3.57. The van der Waals surface area contributed by atoms with Crippen LogP contribution < -0.4 is 9.62 Å². The summed E-state index contributed by atoms with van der Waals surface area (Å²) in [5.41, 5.74) is 1.66. The Bertz CT molecular complexity index is 1460. The van der Waals surface area contributed by atoms with Gasteiger partial charge in [0.25, 0.3) is 10.0 Å². The number of hydrogen-bond acceptors (Lipinski definition) is 4. The first-order valence-corrected chi connectivity index (χ1v) is 16.2. The molecular formula is C30H34BrCl2N3O4S. The van der Waals surface area contributed by atoms with Crippen LogP contribution in [0.15, 0.2) is 76.1 Å². The lowest BCUT2D eigenvalue weighted by atomic mass is 10.1. The molecule has 3 rings (SSSR count). The fraction of sp³-hybridized carbons (Fsp3) is 0.333. The van der Waals surface area contributed by atoms with Gasteiger partial charge in [-0.15, -0.1) is 0 Å². The zero-order valence-corrected chi connectivity index (χ0v) is 27.3. The molecule has 3 aromatic carbocycles. The molecule has 0 unspecified atom stereocenters. The Kier molecular flexibility index (Phi) is 11.7. The molecule has 7 nitrogen and oxygen atoms in total. The summed E-state index contributed by atoms with van der Waals surface area (Å²) < 4.78 is 29.6. The molecule has 0 heterocycles. The first-order valence-electron chi connectivity index (χ1n) is 13.2. The molecule has 0 saturated carbocycles. The standard InChI is InChI=1S/C30H34BrCl2N3O4S/c1-5-28(30(38)34-17-20(2)3)35(18-25-26(32)10-7-11-27(25)33)29(37)19-36(23-9-6-8-22(31)16-23)41(39,40)24-14-12-21(4)13-15-24/h6-16,20,28H,5,17-19H2,1-4H3,(H,34,38)/t28-/m1/s1. The third-order valence-corrected chi connectivity index (χ3v) is 9.43. The van der Waals surface area contributed by atoms with Gasteiger partial charge < -0.3 is 10.2 Å². The van der Waals surface area contributed by atoms with Crippen molar-refractivity contribution in [2.45, 2.75) is 51.6 Å². The maximum Gasteiger partial charge on any atom is 0.264 e. The summed E-state index contributed by atoms with van der Waals surface area (Å²) in [4.78, 5) is 28.9. The van der Waals surface area contributed by atoms with Gasteiger partial charge in [0.05, 0.1) is 10.6 Å². The van der Waals surface area contributed by atoms with E-state index >= 15 is 0 Å². The number of carbonyl (C=O) groups is 2. The number of nitrogens with one attached hydrogen (secondary N) is 1. The second-order valence-corrected chi connectivity index (χ2v) is 13.7. The number of aryl methyl sites for hydroxylation is 1. The van der Waals surface area contributed by atoms with Crippen molar-refractivity contribution < 1.29 is 18.0 Å². The quantitative estimate of drug-likeness (QED) is 0.227. The summed E-state index contributed by atoms with van der Waals surface area (Å²) in [6, 6.07) is 17.2. The SMILES string of the molecule is CC[C@H](C(=O)NCC(C)C)N(Cc1c(Cl)cccc1Cl)C(=O)CN(c1cccc(Br)c1)S(=O)(=O)c1ccc(C)cc1. The van der Waals surface area contributed by atoms with Crippen LogP contribution >= 0.6 is 39.1 Å². The Hall–Kier alpha value is -2.59. The Morgan fingerprint density at radius 3 is 2.15 bits per heavy atom. The van der Waals surface area contributed by atoms with E-state index in [1.807, 2.05) is 20.8 Å². The van der Waals surface area contributed by atoms with E-state index in [4.69, 9.17) is 23.2 Å². The largest absolute Gasteiger partial charge is 0.354 e. The number of amides is 2. The predicted octanol–water partition coefficient (Wildman–Crippen LogP) is 6.84. The Morgan fingerprint density at radius 2 is 1.59 bits per heavy atom. The van der Waals surface area contributed by atoms with Crippen LogP contribution in [0.4, 0.5) is 5.69 Å². The first kappa shape index (κ1) is 32.9. The molecule has 1 N–H and O–H groups in total. The van der Waals surface area contributed by atoms with Crippen molar-refractivity contribution in [1.82, 2.24) is 10.2 Å². The summed E-state index contributed by atoms with van der Waals surface area (Å²) in [6.07, 6.45) is 0.291. The number of nitrogens with zero attached hydrogens (tertiary/aromatic N) is 2. The van der Waals surface area contributed by atoms with Gasteiger partial charge in [0.15, 0.2) is 0 Å². The Morgan fingerprint density at radius 1 is 0.976 bits per heavy atom. The van der Waals surface area contributed by atoms with Gasteiger partial charge in [0.1, 0.15) is 12.6 Å². The normalized spacial score (nSPS) is 12.2. The molecule has 11 heteroatoms. The zero-order chi connectivity index (χ0) is 30.3. The first-order chi connectivity index (χ1) is 19.3. The van der Waals surface area contributed by atoms with Crippen molar-refractivity contribution in [2.24, 2.45) is 5.92 Å². The lowest BCUT2D eigenvalue weighted by Crippen LogP contribution is -2.52. The van der Waals surface area contributed by atoms with E-state index < -0.39 is 28.5 Å². The van der Waals surface area contributed by atoms with E-state index in [9.17, 15) is 18.0 Å². The number of sulfonamides is 1. The second kappa shape index (κ2) is 14.5. The topological polar surface area (TPSA) is 86.8 Å². The van der Waals surface area contributed by atoms with Crippen LogP contribution in [0.1, 0.15) is 38.3 Å². The average molecular weight is 683 g/mol. The van der Waals surface area contributed by atoms with Crippen molar-refractivity contribution in [1.29, 1.82) is 0 Å². The minimum atomic E-state index is -4.17. The molecule has 0 aromatic heterocycles. The summed E-state index contributed by atoms with van der Waals surface area (Å²) in [6.45, 7) is 7.39. The third-order valence-electron chi connectivity index (χ3n) is 6.44. The highest BCUT2D eigenvalue weighted by molar-refractivity contribution is 9.10. The number of hydrogen-bond donors (Lipinski definition) is 1. The van der Waals surface area contributed by atoms with E-state index in [1.54, 1.807) is 61.5 Å². The van der Waals surface area contributed by atoms with Gasteiger partial charge in [-0.3, -0.25) is 13.9 Å². The molecule has 1 atom stereocenters. The molecule has 0 radical (unpaired) electrons. The minimum absolute atomic E-state index is 0.0401. The van der Waals surface area contributed by atoms with Gasteiger partial charge >= 0.3 is 0 Å². The highest BCUT2D eigenvalue weighted by atomic mass is 79.9. The van der Waals surface area contributed by atoms with Gasteiger partial charge in [-0.2, -0.15) is 0 Å². The van der Waals surface area contributed by atoms with Crippen molar-refractivity contribution in [3.05, 3.63) is 92.4 Å². The maximum atomic E-state index is 14.2. The Labute approximate surface area is 261 Å². The van der Waals surface area contributed by atoms with Crippen LogP contribution in [0.5, 0.6) is 0 Å². The van der Waals surface area contributed by atoms with E-state index in [0.717, 1.165) is 9.87 Å². The maximum absolute atomic E-state index is 14.2. The molecule has 2 amide bonds. The van der Waals surface area contributed by atoms with Crippen molar-refractivity contribution in [3.63, 3.8) is 0 Å². The lowest BCUT2D eigenvalue weighted by molar-refractivity contribution is -0.140. The molecule has 0 aliphatic rings. The fourth-order valence-corrected chi connectivity index (χ4v) is 6.50. The monoisotopic (exact) mass is 681 g/mol. The van der Waals surface area contributed by atoms with E-state index in [2.05, 4.69) is 21.2 Å². The number of anilines is 1. The van der Waals surface area contributed by atoms with E-state index in [1.165, 1.54) is 17.0 Å². The molecule has 0 spiro atoms. The molecule has 220 valence electrons. The van der Waals surface area contributed by atoms with Crippen LogP contribution in [-0.2, 0) is 26.2 Å². The number of benzene rings is 3. The zero-order valence-electron chi connectivity index (χ0n) is 23.4. The molecular weight excluding hydrogens is 649 g/mol. The highest BCUT2D eigenvalue weighted by Crippen LogP contribution is 2.29. The van der Waals surface area contributed by atoms with Gasteiger partial charge in [-0.25, -0.2) is 8.42 Å². The van der Waals surface area contributed by atoms with Crippen LogP contribution in [0.3, 0.4) is 0 Å². The van der Waals surface area contributed by atoms with Crippen LogP contribution in [0.25, 0.3) is 0 Å². The molecule has 41 heavy (non-hydrogen) atoms. The fourth-order valence-electron chi connectivity index (χ4n) is 4.19. The second-order valence-electron chi connectivity index (χ2n) is 10.1. The van der Waals surface area contributed by atoms with Crippen LogP contribution in [0, 0.1) is 12.8 Å². The predicted molar refractivity (Wildman–Crippen MR) is 169 cm³/mol. The number of carbonyl (C=O) groups excluding carboxylic acids is 2. The highest BCUT2D eigenvalue weighted by Gasteiger charge is 2.34. The third kappa shape index (κ3) is 8.47. The Balaban J connectivity index is 2.09. The minimum Gasteiger partial charge on any atom is -0.354 e. The van der Waals surface area contributed by atoms with Gasteiger partial charge in [-0.05, 0) is 61.7 Å². The summed E-state index contributed by atoms with van der Waals surface area (Å²) >= 11 is 16.3. The van der Waals surface area contributed by atoms with Crippen molar-refractivity contribution in [2.75, 3.05) is 17.4 Å². The molecule has 0 fully saturated rings. The average Bonchev–Trinajstić information content (AvgIpc) is 2.92. The molecule has 0 bridgehead atoms. The van der Waals surface area contributed by atoms with Gasteiger partial charge in [-0.1, -0.05) is 89.7 Å². The molecule has 0 saturated heterocycles. The van der Waals surface area contributed by atoms with Crippen LogP contribution in [-0.4, -0.2) is 44.3 Å². The smallest absolute Gasteiger partial charge is 0.264 e. The molecule has 3 aromatic rings. The molecule has 0 aliphatic carbocycles. The van der Waals surface area contributed by atoms with Gasteiger partial charge in [0.2, 0.25) is 11.8 Å². The van der Waals surface area contributed by atoms with E-state index in [-0.39, 0.29) is 23.3 Å². The van der Waals surface area contributed by atoms with Gasteiger partial charge in [0, 0.05) is 33.2 Å². The van der Waals surface area contributed by atoms with Crippen LogP contribution in [0.2, 0.25) is 10.0 Å². The van der Waals surface area contributed by atoms with E-state index in [0.29, 0.717) is 38.7 Å². The summed E-state index contributed by atoms with van der Waals surface area (Å²) in [5.74, 6) is -0.721.